The fourth-order valence-corrected chi connectivity index (χ4v) is 3.45. The predicted molar refractivity (Wildman–Crippen MR) is 103 cm³/mol. The monoisotopic (exact) mass is 382 g/mol. The molecular weight excluding hydrogens is 362 g/mol. The van der Waals surface area contributed by atoms with E-state index in [1.165, 1.54) is 24.3 Å². The van der Waals surface area contributed by atoms with Crippen LogP contribution in [0, 0.1) is 11.6 Å². The number of H-pyrrole nitrogens is 1. The Hall–Kier alpha value is -3.22. The van der Waals surface area contributed by atoms with Gasteiger partial charge >= 0.3 is 0 Å². The summed E-state index contributed by atoms with van der Waals surface area (Å²) in [6, 6.07) is 14.2. The van der Waals surface area contributed by atoms with E-state index >= 15 is 0 Å². The molecule has 1 amide bonds. The van der Waals surface area contributed by atoms with Crippen LogP contribution in [-0.4, -0.2) is 35.2 Å². The largest absolute Gasteiger partial charge is 0.353 e. The number of aromatic amines is 1. The van der Waals surface area contributed by atoms with Crippen LogP contribution in [-0.2, 0) is 11.2 Å². The summed E-state index contributed by atoms with van der Waals surface area (Å²) in [5, 5.41) is 10.3. The lowest BCUT2D eigenvalue weighted by Gasteiger charge is -2.16. The van der Waals surface area contributed by atoms with Gasteiger partial charge in [-0.1, -0.05) is 12.1 Å². The normalized spacial score (nSPS) is 16.4. The molecule has 0 spiro atoms. The van der Waals surface area contributed by atoms with Crippen molar-refractivity contribution in [1.82, 2.24) is 15.5 Å². The summed E-state index contributed by atoms with van der Waals surface area (Å²) >= 11 is 0. The number of hydrogen-bond acceptors (Lipinski definition) is 3. The minimum Gasteiger partial charge on any atom is -0.353 e. The van der Waals surface area contributed by atoms with Crippen LogP contribution >= 0.6 is 0 Å². The quantitative estimate of drug-likeness (QED) is 0.712. The topological polar surface area (TPSA) is 61.0 Å². The van der Waals surface area contributed by atoms with Crippen LogP contribution in [0.25, 0.3) is 11.3 Å². The second-order valence-electron chi connectivity index (χ2n) is 6.95. The zero-order valence-electron chi connectivity index (χ0n) is 15.2. The van der Waals surface area contributed by atoms with Crippen molar-refractivity contribution in [3.8, 4) is 11.3 Å². The third-order valence-electron chi connectivity index (χ3n) is 4.85. The molecule has 3 aromatic rings. The first-order chi connectivity index (χ1) is 13.6. The van der Waals surface area contributed by atoms with E-state index in [1.807, 2.05) is 6.07 Å². The number of carbonyl (C=O) groups is 1. The lowest BCUT2D eigenvalue weighted by atomic mass is 10.1. The second-order valence-corrected chi connectivity index (χ2v) is 6.95. The molecule has 0 saturated carbocycles. The summed E-state index contributed by atoms with van der Waals surface area (Å²) in [6.45, 7) is 1.43. The highest BCUT2D eigenvalue weighted by molar-refractivity contribution is 5.79. The van der Waals surface area contributed by atoms with Crippen LogP contribution in [0.15, 0.2) is 54.6 Å². The van der Waals surface area contributed by atoms with Crippen molar-refractivity contribution in [3.63, 3.8) is 0 Å². The minimum atomic E-state index is -0.340. The molecule has 1 aliphatic rings. The number of hydrogen-bond donors (Lipinski definition) is 2. The van der Waals surface area contributed by atoms with Crippen molar-refractivity contribution in [3.05, 3.63) is 71.8 Å². The van der Waals surface area contributed by atoms with E-state index in [0.717, 1.165) is 30.0 Å². The molecule has 0 radical (unpaired) electrons. The molecule has 2 heterocycles. The van der Waals surface area contributed by atoms with E-state index in [0.29, 0.717) is 12.1 Å². The Balaban J connectivity index is 1.34. The summed E-state index contributed by atoms with van der Waals surface area (Å²) in [4.78, 5) is 14.3. The Morgan fingerprint density at radius 3 is 2.75 bits per heavy atom. The van der Waals surface area contributed by atoms with Gasteiger partial charge in [-0.25, -0.2) is 8.78 Å². The molecule has 1 aliphatic heterocycles. The number of nitrogens with one attached hydrogen (secondary N) is 2. The first kappa shape index (κ1) is 18.2. The summed E-state index contributed by atoms with van der Waals surface area (Å²) in [5.41, 5.74) is 2.33. The fourth-order valence-electron chi connectivity index (χ4n) is 3.45. The summed E-state index contributed by atoms with van der Waals surface area (Å²) in [7, 11) is 0. The molecule has 4 rings (SSSR count). The van der Waals surface area contributed by atoms with Gasteiger partial charge in [-0.2, -0.15) is 5.10 Å². The standard InChI is InChI=1S/C21H20F2N4O/c22-16-6-4-15(5-7-16)19-12-20(26-25-19)27-9-8-18(13-27)24-21(28)11-14-2-1-3-17(23)10-14/h1-7,10,12,18H,8-9,11,13H2,(H,24,28)(H,25,26)/t18-/m1/s1. The van der Waals surface area contributed by atoms with Gasteiger partial charge in [0.05, 0.1) is 12.1 Å². The Morgan fingerprint density at radius 2 is 1.96 bits per heavy atom. The highest BCUT2D eigenvalue weighted by Crippen LogP contribution is 2.24. The molecule has 144 valence electrons. The number of amides is 1. The first-order valence-electron chi connectivity index (χ1n) is 9.17. The Morgan fingerprint density at radius 1 is 1.14 bits per heavy atom. The molecule has 2 N–H and O–H groups in total. The van der Waals surface area contributed by atoms with Crippen LogP contribution < -0.4 is 10.2 Å². The number of anilines is 1. The summed E-state index contributed by atoms with van der Waals surface area (Å²) in [6.07, 6.45) is 0.971. The molecule has 0 unspecified atom stereocenters. The number of aromatic nitrogens is 2. The number of rotatable bonds is 5. The maximum atomic E-state index is 13.2. The van der Waals surface area contributed by atoms with Crippen molar-refractivity contribution in [2.45, 2.75) is 18.9 Å². The van der Waals surface area contributed by atoms with Crippen molar-refractivity contribution >= 4 is 11.7 Å². The summed E-state index contributed by atoms with van der Waals surface area (Å²) < 4.78 is 26.3. The van der Waals surface area contributed by atoms with Gasteiger partial charge in [0.15, 0.2) is 5.82 Å². The van der Waals surface area contributed by atoms with E-state index in [9.17, 15) is 13.6 Å². The molecule has 1 fully saturated rings. The van der Waals surface area contributed by atoms with Crippen LogP contribution in [0.2, 0.25) is 0 Å². The molecule has 5 nitrogen and oxygen atoms in total. The number of halogens is 2. The smallest absolute Gasteiger partial charge is 0.224 e. The molecule has 1 saturated heterocycles. The minimum absolute atomic E-state index is 0.0204. The number of benzene rings is 2. The number of carbonyl (C=O) groups excluding carboxylic acids is 1. The molecule has 28 heavy (non-hydrogen) atoms. The SMILES string of the molecule is O=C(Cc1cccc(F)c1)N[C@@H]1CCN(c2cc(-c3ccc(F)cc3)[nH]n2)C1. The fraction of sp³-hybridized carbons (Fsp3) is 0.238. The van der Waals surface area contributed by atoms with Gasteiger partial charge in [-0.15, -0.1) is 0 Å². The van der Waals surface area contributed by atoms with E-state index in [2.05, 4.69) is 20.4 Å². The molecular formula is C21H20F2N4O. The van der Waals surface area contributed by atoms with E-state index in [-0.39, 0.29) is 30.0 Å². The zero-order chi connectivity index (χ0) is 19.5. The van der Waals surface area contributed by atoms with Crippen LogP contribution in [0.3, 0.4) is 0 Å². The maximum Gasteiger partial charge on any atom is 0.224 e. The Bertz CT molecular complexity index is 971. The van der Waals surface area contributed by atoms with Crippen molar-refractivity contribution in [2.75, 3.05) is 18.0 Å². The molecule has 1 aromatic heterocycles. The molecule has 0 bridgehead atoms. The van der Waals surface area contributed by atoms with Gasteiger partial charge in [-0.05, 0) is 53.9 Å². The van der Waals surface area contributed by atoms with Crippen molar-refractivity contribution < 1.29 is 13.6 Å². The predicted octanol–water partition coefficient (Wildman–Crippen LogP) is 3.29. The van der Waals surface area contributed by atoms with Gasteiger partial charge < -0.3 is 10.2 Å². The van der Waals surface area contributed by atoms with E-state index in [4.69, 9.17) is 0 Å². The van der Waals surface area contributed by atoms with E-state index < -0.39 is 0 Å². The van der Waals surface area contributed by atoms with E-state index in [1.54, 1.807) is 24.3 Å². The van der Waals surface area contributed by atoms with Gasteiger partial charge in [-0.3, -0.25) is 9.89 Å². The second kappa shape index (κ2) is 7.80. The van der Waals surface area contributed by atoms with Gasteiger partial charge in [0.25, 0.3) is 0 Å². The average Bonchev–Trinajstić information content (AvgIpc) is 3.32. The zero-order valence-corrected chi connectivity index (χ0v) is 15.2. The molecule has 0 aliphatic carbocycles. The van der Waals surface area contributed by atoms with Gasteiger partial charge in [0, 0.05) is 25.2 Å². The van der Waals surface area contributed by atoms with Crippen LogP contribution in [0.4, 0.5) is 14.6 Å². The maximum absolute atomic E-state index is 13.2. The van der Waals surface area contributed by atoms with Crippen molar-refractivity contribution in [2.24, 2.45) is 0 Å². The van der Waals surface area contributed by atoms with Crippen molar-refractivity contribution in [1.29, 1.82) is 0 Å². The highest BCUT2D eigenvalue weighted by atomic mass is 19.1. The van der Waals surface area contributed by atoms with Gasteiger partial charge in [0.1, 0.15) is 11.6 Å². The Kier molecular flexibility index (Phi) is 5.06. The highest BCUT2D eigenvalue weighted by Gasteiger charge is 2.25. The molecule has 1 atom stereocenters. The average molecular weight is 382 g/mol. The van der Waals surface area contributed by atoms with Crippen LogP contribution in [0.1, 0.15) is 12.0 Å². The lowest BCUT2D eigenvalue weighted by molar-refractivity contribution is -0.121. The number of nitrogens with zero attached hydrogens (tertiary/aromatic N) is 2. The first-order valence-corrected chi connectivity index (χ1v) is 9.17. The lowest BCUT2D eigenvalue weighted by Crippen LogP contribution is -2.38. The van der Waals surface area contributed by atoms with Crippen LogP contribution in [0.5, 0.6) is 0 Å². The third kappa shape index (κ3) is 4.19. The third-order valence-corrected chi connectivity index (χ3v) is 4.85. The molecule has 2 aromatic carbocycles. The molecule has 7 heteroatoms. The summed E-state index contributed by atoms with van der Waals surface area (Å²) in [5.74, 6) is 0.0559. The van der Waals surface area contributed by atoms with Gasteiger partial charge in [0.2, 0.25) is 5.91 Å². The Labute approximate surface area is 161 Å².